The molecule has 1 aliphatic carbocycles. The highest BCUT2D eigenvalue weighted by Gasteiger charge is 2.56. The second-order valence-electron chi connectivity index (χ2n) is 8.47. The molecule has 3 N–H and O–H groups in total. The molecule has 0 bridgehead atoms. The van der Waals surface area contributed by atoms with Gasteiger partial charge in [0, 0.05) is 17.1 Å². The number of piperidine rings is 1. The van der Waals surface area contributed by atoms with Crippen molar-refractivity contribution in [3.63, 3.8) is 0 Å². The molecule has 11 heteroatoms. The number of likely N-dealkylation sites (tertiary alicyclic amines) is 1. The van der Waals surface area contributed by atoms with Gasteiger partial charge in [0.05, 0.1) is 11.7 Å². The van der Waals surface area contributed by atoms with E-state index < -0.39 is 11.9 Å². The molecule has 3 amide bonds. The summed E-state index contributed by atoms with van der Waals surface area (Å²) in [6.45, 7) is 1.83. The number of anilines is 1. The maximum atomic E-state index is 13.3. The quantitative estimate of drug-likeness (QED) is 0.511. The van der Waals surface area contributed by atoms with Gasteiger partial charge in [0.1, 0.15) is 26.3 Å². The Bertz CT molecular complexity index is 1290. The smallest absolute Gasteiger partial charge is 0.269 e. The van der Waals surface area contributed by atoms with Crippen molar-refractivity contribution >= 4 is 47.9 Å². The number of rotatable bonds is 6. The summed E-state index contributed by atoms with van der Waals surface area (Å²) < 4.78 is 1.44. The number of nitrogens with one attached hydrogen (secondary N) is 1. The molecule has 10 nitrogen and oxygen atoms in total. The van der Waals surface area contributed by atoms with Crippen LogP contribution in [0.2, 0.25) is 0 Å². The van der Waals surface area contributed by atoms with Crippen molar-refractivity contribution in [3.8, 4) is 0 Å². The third-order valence-electron chi connectivity index (χ3n) is 6.29. The average molecular weight is 443 g/mol. The van der Waals surface area contributed by atoms with E-state index in [1.807, 2.05) is 6.92 Å². The lowest BCUT2D eigenvalue weighted by molar-refractivity contribution is -0.138. The van der Waals surface area contributed by atoms with E-state index in [4.69, 9.17) is 13.6 Å². The van der Waals surface area contributed by atoms with Crippen LogP contribution >= 0.6 is 0 Å². The van der Waals surface area contributed by atoms with Crippen LogP contribution in [0, 0.1) is 5.92 Å². The molecule has 3 aromatic heterocycles. The Labute approximate surface area is 191 Å². The number of fused-ring (bicyclic) bond motifs is 2. The van der Waals surface area contributed by atoms with E-state index in [0.29, 0.717) is 41.1 Å². The molecular weight excluding hydrogens is 421 g/mol. The average Bonchev–Trinajstić information content (AvgIpc) is 3.29. The van der Waals surface area contributed by atoms with Crippen LogP contribution < -0.4 is 16.6 Å². The number of nitrogens with zero attached hydrogens (tertiary/aromatic N) is 5. The number of hydrogen-bond donors (Lipinski definition) is 2. The number of hydrogen-bond acceptors (Lipinski definition) is 6. The van der Waals surface area contributed by atoms with Crippen LogP contribution in [0.3, 0.4) is 0 Å². The highest BCUT2D eigenvalue weighted by molar-refractivity contribution is 6.30. The molecule has 1 aliphatic heterocycles. The molecule has 1 unspecified atom stereocenters. The summed E-state index contributed by atoms with van der Waals surface area (Å²) >= 11 is 0. The Kier molecular flexibility index (Phi) is 5.11. The van der Waals surface area contributed by atoms with E-state index in [-0.39, 0.29) is 30.1 Å². The Morgan fingerprint density at radius 2 is 2.09 bits per heavy atom. The van der Waals surface area contributed by atoms with Crippen molar-refractivity contribution in [1.29, 1.82) is 0 Å². The fourth-order valence-corrected chi connectivity index (χ4v) is 4.60. The van der Waals surface area contributed by atoms with Crippen molar-refractivity contribution in [2.75, 3.05) is 5.32 Å². The van der Waals surface area contributed by atoms with Crippen LogP contribution in [0.1, 0.15) is 35.9 Å². The predicted octanol–water partition coefficient (Wildman–Crippen LogP) is -0.0905. The zero-order chi connectivity index (χ0) is 23.3. The molecule has 4 heterocycles. The van der Waals surface area contributed by atoms with Gasteiger partial charge >= 0.3 is 0 Å². The van der Waals surface area contributed by atoms with Crippen LogP contribution in [-0.2, 0) is 22.6 Å². The lowest BCUT2D eigenvalue weighted by Crippen LogP contribution is -2.47. The number of nitrogens with two attached hydrogens (primary N) is 1. The van der Waals surface area contributed by atoms with Gasteiger partial charge in [-0.15, -0.1) is 0 Å². The van der Waals surface area contributed by atoms with Gasteiger partial charge in [0.25, 0.3) is 5.91 Å². The first-order chi connectivity index (χ1) is 15.9. The van der Waals surface area contributed by atoms with Crippen molar-refractivity contribution < 1.29 is 14.4 Å². The maximum absolute atomic E-state index is 13.3. The zero-order valence-corrected chi connectivity index (χ0v) is 18.1. The van der Waals surface area contributed by atoms with Crippen LogP contribution in [0.25, 0.3) is 10.9 Å². The summed E-state index contributed by atoms with van der Waals surface area (Å²) in [5, 5.41) is 7.61. The number of aromatic nitrogens is 4. The number of amides is 3. The van der Waals surface area contributed by atoms with Crippen molar-refractivity contribution in [2.45, 2.75) is 44.8 Å². The molecule has 0 spiro atoms. The Morgan fingerprint density at radius 1 is 1.27 bits per heavy atom. The minimum absolute atomic E-state index is 0.0318. The highest BCUT2D eigenvalue weighted by atomic mass is 16.2. The number of carbonyl (C=O) groups excluding carboxylic acids is 3. The summed E-state index contributed by atoms with van der Waals surface area (Å²) in [7, 11) is 5.69. The fourth-order valence-electron chi connectivity index (χ4n) is 4.60. The molecule has 1 saturated carbocycles. The first-order valence-electron chi connectivity index (χ1n) is 10.9. The highest BCUT2D eigenvalue weighted by Crippen LogP contribution is 2.48. The van der Waals surface area contributed by atoms with Gasteiger partial charge in [-0.1, -0.05) is 19.1 Å². The van der Waals surface area contributed by atoms with E-state index in [1.165, 1.54) is 4.68 Å². The van der Waals surface area contributed by atoms with Gasteiger partial charge in [-0.25, -0.2) is 4.98 Å². The standard InChI is InChI=1S/C22H22BN7O3/c1-2-12-8-13-16(9-25-12)29(28-20(13)21(24)32)10-19(31)30-14-6-11(14)7-15(30)22(33)27-18-5-3-4-17(23)26-18/h3-5,8-9,11,14-15H,2,6-7,10H2,1H3,(H2,24,32)(H,26,27,33)/t11-,14?,15+/m1/s1. The zero-order valence-electron chi connectivity index (χ0n) is 18.1. The monoisotopic (exact) mass is 443 g/mol. The third-order valence-corrected chi connectivity index (χ3v) is 6.29. The molecule has 2 fully saturated rings. The van der Waals surface area contributed by atoms with E-state index in [1.54, 1.807) is 35.4 Å². The molecule has 166 valence electrons. The molecule has 2 aliphatic rings. The summed E-state index contributed by atoms with van der Waals surface area (Å²) in [6, 6.07) is 6.17. The second-order valence-corrected chi connectivity index (χ2v) is 8.47. The van der Waals surface area contributed by atoms with E-state index in [2.05, 4.69) is 20.4 Å². The molecule has 1 saturated heterocycles. The second kappa shape index (κ2) is 7.98. The van der Waals surface area contributed by atoms with E-state index in [0.717, 1.165) is 12.1 Å². The normalized spacial score (nSPS) is 21.1. The largest absolute Gasteiger partial charge is 0.364 e. The summed E-state index contributed by atoms with van der Waals surface area (Å²) in [5.74, 6) is -0.570. The van der Waals surface area contributed by atoms with Crippen LogP contribution in [0.5, 0.6) is 0 Å². The Morgan fingerprint density at radius 3 is 2.82 bits per heavy atom. The molecule has 3 atom stereocenters. The van der Waals surface area contributed by atoms with Gasteiger partial charge in [-0.3, -0.25) is 24.0 Å². The van der Waals surface area contributed by atoms with Crippen molar-refractivity contribution in [2.24, 2.45) is 11.7 Å². The summed E-state index contributed by atoms with van der Waals surface area (Å²) in [5.41, 5.74) is 7.25. The molecule has 3 aromatic rings. The fraction of sp³-hybridized carbons (Fsp3) is 0.364. The molecular formula is C22H22BN7O3. The van der Waals surface area contributed by atoms with Crippen LogP contribution in [0.15, 0.2) is 30.5 Å². The Balaban J connectivity index is 1.39. The van der Waals surface area contributed by atoms with Gasteiger partial charge in [0.15, 0.2) is 5.69 Å². The van der Waals surface area contributed by atoms with Crippen LogP contribution in [0.4, 0.5) is 5.82 Å². The number of primary amides is 1. The van der Waals surface area contributed by atoms with Crippen molar-refractivity contribution in [3.05, 3.63) is 41.9 Å². The third kappa shape index (κ3) is 3.83. The first-order valence-corrected chi connectivity index (χ1v) is 10.9. The molecule has 33 heavy (non-hydrogen) atoms. The van der Waals surface area contributed by atoms with Gasteiger partial charge < -0.3 is 16.0 Å². The SMILES string of the molecule is [B]c1cccc(NC(=O)[C@@H]2C[C@H]3CC3N2C(=O)Cn2nc(C(N)=O)c3cc(CC)ncc32)n1. The minimum atomic E-state index is -0.672. The van der Waals surface area contributed by atoms with E-state index in [9.17, 15) is 14.4 Å². The van der Waals surface area contributed by atoms with E-state index >= 15 is 0 Å². The topological polar surface area (TPSA) is 136 Å². The van der Waals surface area contributed by atoms with Crippen molar-refractivity contribution in [1.82, 2.24) is 24.6 Å². The van der Waals surface area contributed by atoms with Gasteiger partial charge in [-0.05, 0) is 42.9 Å². The Hall–Kier alpha value is -3.76. The summed E-state index contributed by atoms with van der Waals surface area (Å²) in [6.07, 6.45) is 3.76. The van der Waals surface area contributed by atoms with Crippen LogP contribution in [-0.4, -0.2) is 62.3 Å². The number of aryl methyl sites for hydroxylation is 1. The first kappa shape index (κ1) is 21.1. The summed E-state index contributed by atoms with van der Waals surface area (Å²) in [4.78, 5) is 48.3. The molecule has 5 rings (SSSR count). The van der Waals surface area contributed by atoms with Gasteiger partial charge in [-0.2, -0.15) is 5.10 Å². The maximum Gasteiger partial charge on any atom is 0.269 e. The minimum Gasteiger partial charge on any atom is -0.364 e. The number of carbonyl (C=O) groups is 3. The molecule has 2 radical (unpaired) electrons. The molecule has 0 aromatic carbocycles. The lowest BCUT2D eigenvalue weighted by atomic mass is 10.0. The lowest BCUT2D eigenvalue weighted by Gasteiger charge is -2.26. The predicted molar refractivity (Wildman–Crippen MR) is 121 cm³/mol. The number of pyridine rings is 2. The van der Waals surface area contributed by atoms with Gasteiger partial charge in [0.2, 0.25) is 11.8 Å².